The quantitative estimate of drug-likeness (QED) is 0.384. The van der Waals surface area contributed by atoms with Crippen LogP contribution >= 0.6 is 23.1 Å². The molecule has 3 aromatic rings. The van der Waals surface area contributed by atoms with Crippen LogP contribution < -0.4 is 5.32 Å². The van der Waals surface area contributed by atoms with E-state index in [9.17, 15) is 9.59 Å². The molecule has 1 aromatic heterocycles. The summed E-state index contributed by atoms with van der Waals surface area (Å²) in [6, 6.07) is 13.6. The number of rotatable bonds is 8. The van der Waals surface area contributed by atoms with Gasteiger partial charge in [0, 0.05) is 16.6 Å². The van der Waals surface area contributed by atoms with Gasteiger partial charge in [0.25, 0.3) is 0 Å². The number of Topliss-reactive ketones (excluding diaryl/α,β-unsaturated/α-hetero) is 1. The number of benzene rings is 2. The fraction of sp³-hybridized carbons (Fsp3) is 0.261. The number of amides is 1. The number of hydrogen-bond donors (Lipinski definition) is 1. The van der Waals surface area contributed by atoms with Gasteiger partial charge in [-0.05, 0) is 43.0 Å². The molecule has 3 rings (SSSR count). The van der Waals surface area contributed by atoms with Crippen molar-refractivity contribution in [1.82, 2.24) is 4.98 Å². The van der Waals surface area contributed by atoms with Gasteiger partial charge in [-0.1, -0.05) is 55.1 Å². The molecule has 0 aliphatic heterocycles. The monoisotopic (exact) mass is 424 g/mol. The smallest absolute Gasteiger partial charge is 0.230 e. The molecule has 29 heavy (non-hydrogen) atoms. The third-order valence-corrected chi connectivity index (χ3v) is 6.83. The van der Waals surface area contributed by atoms with Crippen LogP contribution in [0.4, 0.5) is 5.69 Å². The fourth-order valence-electron chi connectivity index (χ4n) is 2.82. The number of ketones is 1. The van der Waals surface area contributed by atoms with Crippen LogP contribution in [-0.4, -0.2) is 22.4 Å². The lowest BCUT2D eigenvalue weighted by atomic mass is 10.1. The second kappa shape index (κ2) is 9.85. The molecule has 0 unspecified atom stereocenters. The zero-order valence-electron chi connectivity index (χ0n) is 16.8. The van der Waals surface area contributed by atoms with Gasteiger partial charge in [0.15, 0.2) is 10.1 Å². The third-order valence-electron chi connectivity index (χ3n) is 4.76. The number of aromatic nitrogens is 1. The molecule has 0 saturated carbocycles. The van der Waals surface area contributed by atoms with E-state index in [1.807, 2.05) is 61.7 Å². The van der Waals surface area contributed by atoms with Crippen LogP contribution in [0.2, 0.25) is 0 Å². The lowest BCUT2D eigenvalue weighted by Crippen LogP contribution is -2.15. The zero-order chi connectivity index (χ0) is 20.8. The Balaban J connectivity index is 1.52. The van der Waals surface area contributed by atoms with Gasteiger partial charge in [-0.3, -0.25) is 9.59 Å². The first-order chi connectivity index (χ1) is 14.0. The number of nitrogens with zero attached hydrogens (tertiary/aromatic N) is 1. The van der Waals surface area contributed by atoms with Crippen LogP contribution in [0.3, 0.4) is 0 Å². The summed E-state index contributed by atoms with van der Waals surface area (Å²) in [6.45, 7) is 6.11. The molecule has 0 radical (unpaired) electrons. The van der Waals surface area contributed by atoms with Crippen LogP contribution in [-0.2, 0) is 17.6 Å². The van der Waals surface area contributed by atoms with Crippen molar-refractivity contribution in [2.75, 3.05) is 11.1 Å². The number of thioether (sulfide) groups is 1. The minimum Gasteiger partial charge on any atom is -0.325 e. The van der Waals surface area contributed by atoms with Crippen LogP contribution in [0.15, 0.2) is 52.2 Å². The van der Waals surface area contributed by atoms with Gasteiger partial charge in [0.05, 0.1) is 17.9 Å². The van der Waals surface area contributed by atoms with Crippen LogP contribution in [0.25, 0.3) is 0 Å². The SMILES string of the molecule is CCc1ccc(C(=O)CSc2nc(CC(=O)Nc3cccc(C)c3C)cs2)cc1. The summed E-state index contributed by atoms with van der Waals surface area (Å²) in [4.78, 5) is 29.2. The Hall–Kier alpha value is -2.44. The Morgan fingerprint density at radius 1 is 1.10 bits per heavy atom. The summed E-state index contributed by atoms with van der Waals surface area (Å²) in [7, 11) is 0. The van der Waals surface area contributed by atoms with E-state index in [4.69, 9.17) is 0 Å². The van der Waals surface area contributed by atoms with E-state index in [0.717, 1.165) is 38.8 Å². The molecule has 4 nitrogen and oxygen atoms in total. The van der Waals surface area contributed by atoms with E-state index in [0.29, 0.717) is 5.75 Å². The van der Waals surface area contributed by atoms with E-state index in [-0.39, 0.29) is 18.1 Å². The summed E-state index contributed by atoms with van der Waals surface area (Å²) in [6.07, 6.45) is 1.18. The second-order valence-corrected chi connectivity index (χ2v) is 8.92. The van der Waals surface area contributed by atoms with Gasteiger partial charge in [0.1, 0.15) is 0 Å². The Kier molecular flexibility index (Phi) is 7.23. The predicted octanol–water partition coefficient (Wildman–Crippen LogP) is 5.48. The first-order valence-corrected chi connectivity index (χ1v) is 11.4. The summed E-state index contributed by atoms with van der Waals surface area (Å²) in [5.74, 6) is 0.335. The molecule has 1 amide bonds. The molecule has 1 N–H and O–H groups in total. The van der Waals surface area contributed by atoms with Gasteiger partial charge < -0.3 is 5.32 Å². The Morgan fingerprint density at radius 3 is 2.59 bits per heavy atom. The van der Waals surface area contributed by atoms with E-state index < -0.39 is 0 Å². The standard InChI is InChI=1S/C23H24N2O2S2/c1-4-17-8-10-18(11-9-17)21(26)14-29-23-24-19(13-28-23)12-22(27)25-20-7-5-6-15(2)16(20)3/h5-11,13H,4,12,14H2,1-3H3,(H,25,27). The summed E-state index contributed by atoms with van der Waals surface area (Å²) in [5, 5.41) is 4.84. The molecule has 6 heteroatoms. The van der Waals surface area contributed by atoms with Crippen LogP contribution in [0.5, 0.6) is 0 Å². The van der Waals surface area contributed by atoms with Crippen molar-refractivity contribution in [3.63, 3.8) is 0 Å². The number of aryl methyl sites for hydroxylation is 2. The predicted molar refractivity (Wildman–Crippen MR) is 121 cm³/mol. The lowest BCUT2D eigenvalue weighted by molar-refractivity contribution is -0.115. The van der Waals surface area contributed by atoms with Crippen molar-refractivity contribution in [2.24, 2.45) is 0 Å². The molecule has 0 aliphatic carbocycles. The first-order valence-electron chi connectivity index (χ1n) is 9.51. The summed E-state index contributed by atoms with van der Waals surface area (Å²) in [5.41, 5.74) is 5.71. The Morgan fingerprint density at radius 2 is 1.86 bits per heavy atom. The Bertz CT molecular complexity index is 1010. The van der Waals surface area contributed by atoms with Gasteiger partial charge in [-0.2, -0.15) is 0 Å². The van der Waals surface area contributed by atoms with Crippen molar-refractivity contribution in [1.29, 1.82) is 0 Å². The second-order valence-electron chi connectivity index (χ2n) is 6.84. The number of nitrogens with one attached hydrogen (secondary N) is 1. The molecule has 1 heterocycles. The average molecular weight is 425 g/mol. The maximum atomic E-state index is 12.4. The molecule has 0 spiro atoms. The Labute approximate surface area is 179 Å². The normalized spacial score (nSPS) is 10.7. The van der Waals surface area contributed by atoms with Crippen molar-refractivity contribution < 1.29 is 9.59 Å². The van der Waals surface area contributed by atoms with Crippen molar-refractivity contribution in [3.05, 3.63) is 75.8 Å². The molecule has 0 atom stereocenters. The first kappa shape index (κ1) is 21.3. The van der Waals surface area contributed by atoms with Gasteiger partial charge >= 0.3 is 0 Å². The number of carbonyl (C=O) groups excluding carboxylic acids is 2. The van der Waals surface area contributed by atoms with E-state index >= 15 is 0 Å². The molecule has 0 saturated heterocycles. The number of hydrogen-bond acceptors (Lipinski definition) is 5. The van der Waals surface area contributed by atoms with E-state index in [2.05, 4.69) is 17.2 Å². The van der Waals surface area contributed by atoms with E-state index in [1.165, 1.54) is 28.7 Å². The van der Waals surface area contributed by atoms with Crippen LogP contribution in [0, 0.1) is 13.8 Å². The highest BCUT2D eigenvalue weighted by Crippen LogP contribution is 2.24. The largest absolute Gasteiger partial charge is 0.325 e. The highest BCUT2D eigenvalue weighted by Gasteiger charge is 2.12. The van der Waals surface area contributed by atoms with E-state index in [1.54, 1.807) is 0 Å². The average Bonchev–Trinajstić information content (AvgIpc) is 3.17. The highest BCUT2D eigenvalue weighted by molar-refractivity contribution is 8.01. The van der Waals surface area contributed by atoms with Crippen LogP contribution in [0.1, 0.15) is 39.7 Å². The number of anilines is 1. The molecule has 150 valence electrons. The summed E-state index contributed by atoms with van der Waals surface area (Å²) >= 11 is 2.88. The summed E-state index contributed by atoms with van der Waals surface area (Å²) < 4.78 is 0.804. The number of thiazole rings is 1. The number of carbonyl (C=O) groups is 2. The van der Waals surface area contributed by atoms with Gasteiger partial charge in [-0.15, -0.1) is 11.3 Å². The zero-order valence-corrected chi connectivity index (χ0v) is 18.5. The minimum absolute atomic E-state index is 0.0852. The molecule has 0 bridgehead atoms. The molecule has 0 fully saturated rings. The third kappa shape index (κ3) is 5.78. The topological polar surface area (TPSA) is 59.1 Å². The maximum Gasteiger partial charge on any atom is 0.230 e. The molecule has 2 aromatic carbocycles. The lowest BCUT2D eigenvalue weighted by Gasteiger charge is -2.09. The maximum absolute atomic E-state index is 12.4. The highest BCUT2D eigenvalue weighted by atomic mass is 32.2. The fourth-order valence-corrected chi connectivity index (χ4v) is 4.56. The van der Waals surface area contributed by atoms with Crippen molar-refractivity contribution >= 4 is 40.5 Å². The van der Waals surface area contributed by atoms with Crippen molar-refractivity contribution in [3.8, 4) is 0 Å². The molecular weight excluding hydrogens is 400 g/mol. The minimum atomic E-state index is -0.0901. The molecular formula is C23H24N2O2S2. The van der Waals surface area contributed by atoms with Crippen molar-refractivity contribution in [2.45, 2.75) is 38.0 Å². The molecule has 0 aliphatic rings. The van der Waals surface area contributed by atoms with Gasteiger partial charge in [-0.25, -0.2) is 4.98 Å². The van der Waals surface area contributed by atoms with Gasteiger partial charge in [0.2, 0.25) is 5.91 Å².